The maximum atomic E-state index is 12.9. The largest absolute Gasteiger partial charge is 0.392 e. The van der Waals surface area contributed by atoms with Crippen molar-refractivity contribution < 1.29 is 26.7 Å². The summed E-state index contributed by atoms with van der Waals surface area (Å²) in [7, 11) is 0. The Morgan fingerprint density at radius 2 is 1.81 bits per heavy atom. The van der Waals surface area contributed by atoms with E-state index in [9.17, 15) is 26.7 Å². The zero-order valence-electron chi connectivity index (χ0n) is 8.69. The minimum atomic E-state index is -4.70. The molecule has 0 aromatic rings. The molecule has 0 spiro atoms. The zero-order chi connectivity index (χ0) is 12.8. The highest BCUT2D eigenvalue weighted by atomic mass is 32.2. The normalized spacial score (nSPS) is 15.9. The van der Waals surface area contributed by atoms with Crippen LogP contribution in [0.15, 0.2) is 0 Å². The van der Waals surface area contributed by atoms with Gasteiger partial charge < -0.3 is 0 Å². The average Bonchev–Trinajstić information content (AvgIpc) is 2.14. The van der Waals surface area contributed by atoms with Gasteiger partial charge in [0.25, 0.3) is 0 Å². The van der Waals surface area contributed by atoms with E-state index in [-0.39, 0.29) is 23.7 Å². The van der Waals surface area contributed by atoms with Crippen LogP contribution in [0.2, 0.25) is 0 Å². The van der Waals surface area contributed by atoms with Crippen LogP contribution >= 0.6 is 11.8 Å². The van der Waals surface area contributed by atoms with Crippen LogP contribution in [0.5, 0.6) is 0 Å². The van der Waals surface area contributed by atoms with Crippen LogP contribution in [0.3, 0.4) is 0 Å². The standard InChI is InChI=1S/C9H13F5OS/c1-2-8(15)16-4-3-6(10)7(11)5-9(12,13)14/h6-7H,2-5H2,1H3. The Bertz CT molecular complexity index is 218. The number of carbonyl (C=O) groups is 1. The summed E-state index contributed by atoms with van der Waals surface area (Å²) in [5.41, 5.74) is 0. The summed E-state index contributed by atoms with van der Waals surface area (Å²) in [5.74, 6) is 0.00607. The summed E-state index contributed by atoms with van der Waals surface area (Å²) in [5, 5.41) is -0.182. The molecule has 0 N–H and O–H groups in total. The third-order valence-corrected chi connectivity index (χ3v) is 2.81. The lowest BCUT2D eigenvalue weighted by atomic mass is 10.1. The van der Waals surface area contributed by atoms with Crippen molar-refractivity contribution in [3.63, 3.8) is 0 Å². The molecule has 0 fully saturated rings. The van der Waals surface area contributed by atoms with Crippen molar-refractivity contribution in [1.82, 2.24) is 0 Å². The van der Waals surface area contributed by atoms with Gasteiger partial charge in [0.2, 0.25) is 0 Å². The van der Waals surface area contributed by atoms with Gasteiger partial charge >= 0.3 is 6.18 Å². The first-order valence-electron chi connectivity index (χ1n) is 4.76. The summed E-state index contributed by atoms with van der Waals surface area (Å²) >= 11 is 0.813. The Balaban J connectivity index is 3.79. The van der Waals surface area contributed by atoms with Crippen LogP contribution < -0.4 is 0 Å². The van der Waals surface area contributed by atoms with Crippen molar-refractivity contribution in [2.45, 2.75) is 44.7 Å². The Labute approximate surface area is 94.8 Å². The third-order valence-electron chi connectivity index (χ3n) is 1.76. The number of alkyl halides is 5. The molecule has 16 heavy (non-hydrogen) atoms. The second kappa shape index (κ2) is 7.09. The van der Waals surface area contributed by atoms with Gasteiger partial charge in [-0.3, -0.25) is 4.79 Å². The smallest absolute Gasteiger partial charge is 0.287 e. The highest BCUT2D eigenvalue weighted by Gasteiger charge is 2.35. The second-order valence-corrected chi connectivity index (χ2v) is 4.37. The minimum absolute atomic E-state index is 0.00607. The summed E-state index contributed by atoms with van der Waals surface area (Å²) < 4.78 is 60.7. The maximum Gasteiger partial charge on any atom is 0.392 e. The molecule has 0 heterocycles. The fourth-order valence-electron chi connectivity index (χ4n) is 0.917. The van der Waals surface area contributed by atoms with Crippen LogP contribution in [-0.2, 0) is 4.79 Å². The van der Waals surface area contributed by atoms with Crippen LogP contribution in [0.4, 0.5) is 22.0 Å². The number of hydrogen-bond donors (Lipinski definition) is 0. The first-order chi connectivity index (χ1) is 7.26. The van der Waals surface area contributed by atoms with Crippen molar-refractivity contribution in [3.8, 4) is 0 Å². The lowest BCUT2D eigenvalue weighted by molar-refractivity contribution is -0.151. The number of halogens is 5. The number of thioether (sulfide) groups is 1. The molecule has 0 rings (SSSR count). The van der Waals surface area contributed by atoms with Gasteiger partial charge in [0.05, 0.1) is 6.42 Å². The molecule has 0 amide bonds. The highest BCUT2D eigenvalue weighted by molar-refractivity contribution is 8.13. The lowest BCUT2D eigenvalue weighted by Crippen LogP contribution is -2.25. The molecule has 1 nitrogen and oxygen atoms in total. The quantitative estimate of drug-likeness (QED) is 0.681. The number of rotatable bonds is 6. The van der Waals surface area contributed by atoms with E-state index in [0.717, 1.165) is 11.8 Å². The van der Waals surface area contributed by atoms with Crippen molar-refractivity contribution in [2.75, 3.05) is 5.75 Å². The van der Waals surface area contributed by atoms with Crippen molar-refractivity contribution in [3.05, 3.63) is 0 Å². The van der Waals surface area contributed by atoms with Crippen molar-refractivity contribution in [2.24, 2.45) is 0 Å². The minimum Gasteiger partial charge on any atom is -0.287 e. The molecule has 0 aliphatic carbocycles. The fourth-order valence-corrected chi connectivity index (χ4v) is 1.69. The topological polar surface area (TPSA) is 17.1 Å². The molecule has 0 saturated heterocycles. The Hall–Kier alpha value is -0.330. The van der Waals surface area contributed by atoms with E-state index < -0.39 is 24.9 Å². The lowest BCUT2D eigenvalue weighted by Gasteiger charge is -2.14. The Morgan fingerprint density at radius 1 is 1.25 bits per heavy atom. The molecule has 0 aromatic heterocycles. The number of hydrogen-bond acceptors (Lipinski definition) is 2. The van der Waals surface area contributed by atoms with Crippen LogP contribution in [0.25, 0.3) is 0 Å². The van der Waals surface area contributed by atoms with Gasteiger partial charge in [-0.15, -0.1) is 0 Å². The third kappa shape index (κ3) is 7.90. The molecule has 7 heteroatoms. The second-order valence-electron chi connectivity index (χ2n) is 3.21. The van der Waals surface area contributed by atoms with Crippen molar-refractivity contribution in [1.29, 1.82) is 0 Å². The average molecular weight is 264 g/mol. The predicted molar refractivity (Wildman–Crippen MR) is 52.8 cm³/mol. The van der Waals surface area contributed by atoms with Crippen LogP contribution in [0.1, 0.15) is 26.2 Å². The van der Waals surface area contributed by atoms with Gasteiger partial charge in [-0.2, -0.15) is 13.2 Å². The highest BCUT2D eigenvalue weighted by Crippen LogP contribution is 2.27. The molecular formula is C9H13F5OS. The van der Waals surface area contributed by atoms with E-state index in [1.807, 2.05) is 0 Å². The molecule has 0 saturated carbocycles. The molecule has 2 atom stereocenters. The molecule has 96 valence electrons. The summed E-state index contributed by atoms with van der Waals surface area (Å²) in [6.07, 6.45) is -11.3. The Kier molecular flexibility index (Phi) is 6.94. The van der Waals surface area contributed by atoms with Gasteiger partial charge in [0.15, 0.2) is 5.12 Å². The van der Waals surface area contributed by atoms with Crippen molar-refractivity contribution >= 4 is 16.9 Å². The fraction of sp³-hybridized carbons (Fsp3) is 0.889. The Morgan fingerprint density at radius 3 is 2.25 bits per heavy atom. The summed E-state index contributed by atoms with van der Waals surface area (Å²) in [6, 6.07) is 0. The molecule has 0 aliphatic rings. The zero-order valence-corrected chi connectivity index (χ0v) is 9.51. The van der Waals surface area contributed by atoms with E-state index in [4.69, 9.17) is 0 Å². The molecule has 0 radical (unpaired) electrons. The van der Waals surface area contributed by atoms with E-state index >= 15 is 0 Å². The first-order valence-corrected chi connectivity index (χ1v) is 5.75. The molecule has 0 aliphatic heterocycles. The van der Waals surface area contributed by atoms with Crippen LogP contribution in [-0.4, -0.2) is 29.4 Å². The van der Waals surface area contributed by atoms with Gasteiger partial charge in [0, 0.05) is 12.2 Å². The monoisotopic (exact) mass is 264 g/mol. The van der Waals surface area contributed by atoms with E-state index in [0.29, 0.717) is 0 Å². The summed E-state index contributed by atoms with van der Waals surface area (Å²) in [6.45, 7) is 1.61. The number of carbonyl (C=O) groups excluding carboxylic acids is 1. The predicted octanol–water partition coefficient (Wildman–Crippen LogP) is 3.67. The molecule has 0 aromatic carbocycles. The van der Waals surface area contributed by atoms with E-state index in [1.54, 1.807) is 6.92 Å². The van der Waals surface area contributed by atoms with Crippen LogP contribution in [0, 0.1) is 0 Å². The van der Waals surface area contributed by atoms with Gasteiger partial charge in [-0.1, -0.05) is 18.7 Å². The first kappa shape index (κ1) is 15.7. The SMILES string of the molecule is CCC(=O)SCCC(F)C(F)CC(F)(F)F. The summed E-state index contributed by atoms with van der Waals surface area (Å²) in [4.78, 5) is 10.8. The van der Waals surface area contributed by atoms with Gasteiger partial charge in [-0.25, -0.2) is 8.78 Å². The molecular weight excluding hydrogens is 251 g/mol. The maximum absolute atomic E-state index is 12.9. The molecule has 2 unspecified atom stereocenters. The van der Waals surface area contributed by atoms with Gasteiger partial charge in [-0.05, 0) is 6.42 Å². The van der Waals surface area contributed by atoms with Gasteiger partial charge in [0.1, 0.15) is 12.3 Å². The molecule has 0 bridgehead atoms. The van der Waals surface area contributed by atoms with E-state index in [1.165, 1.54) is 0 Å². The van der Waals surface area contributed by atoms with E-state index in [2.05, 4.69) is 0 Å².